The van der Waals surface area contributed by atoms with E-state index in [2.05, 4.69) is 66.9 Å². The van der Waals surface area contributed by atoms with Crippen LogP contribution in [0.4, 0.5) is 11.8 Å². The molecule has 0 amide bonds. The number of nitrogens with two attached hydrogens (primary N) is 2. The van der Waals surface area contributed by atoms with Crippen LogP contribution in [0, 0.1) is 111 Å². The molecule has 284 valence electrons. The van der Waals surface area contributed by atoms with E-state index >= 15 is 0 Å². The zero-order valence-corrected chi connectivity index (χ0v) is 34.7. The third-order valence-corrected chi connectivity index (χ3v) is 10.2. The molecule has 8 aromatic heterocycles. The van der Waals surface area contributed by atoms with Crippen molar-refractivity contribution in [1.82, 2.24) is 57.5 Å². The Balaban J connectivity index is 0.000000139. The summed E-state index contributed by atoms with van der Waals surface area (Å²) in [5.74, 6) is 3.06. The molecule has 0 unspecified atom stereocenters. The number of aryl methyl sites for hydroxylation is 16. The van der Waals surface area contributed by atoms with Gasteiger partial charge < -0.3 is 11.5 Å². The van der Waals surface area contributed by atoms with E-state index in [1.165, 1.54) is 11.4 Å². The zero-order chi connectivity index (χ0) is 40.1. The van der Waals surface area contributed by atoms with Gasteiger partial charge >= 0.3 is 0 Å². The van der Waals surface area contributed by atoms with E-state index in [0.29, 0.717) is 11.8 Å². The van der Waals surface area contributed by atoms with Crippen molar-refractivity contribution in [3.8, 4) is 0 Å². The summed E-state index contributed by atoms with van der Waals surface area (Å²) >= 11 is 0. The van der Waals surface area contributed by atoms with Crippen molar-refractivity contribution in [1.29, 1.82) is 0 Å². The lowest BCUT2D eigenvalue weighted by atomic mass is 10.2. The molecule has 8 heterocycles. The Morgan fingerprint density at radius 1 is 0.389 bits per heavy atom. The van der Waals surface area contributed by atoms with E-state index in [1.807, 2.05) is 114 Å². The lowest BCUT2D eigenvalue weighted by molar-refractivity contribution is 0.931. The van der Waals surface area contributed by atoms with Crippen LogP contribution in [0.1, 0.15) is 91.4 Å². The predicted octanol–water partition coefficient (Wildman–Crippen LogP) is 7.02. The third kappa shape index (κ3) is 6.95. The Kier molecular flexibility index (Phi) is 10.8. The van der Waals surface area contributed by atoms with Crippen LogP contribution in [-0.4, -0.2) is 57.5 Å². The van der Waals surface area contributed by atoms with Crippen LogP contribution in [0.3, 0.4) is 0 Å². The molecule has 14 nitrogen and oxygen atoms in total. The molecule has 0 aromatic carbocycles. The number of hydrogen-bond acceptors (Lipinski definition) is 10. The molecular formula is C40H54N14. The highest BCUT2D eigenvalue weighted by molar-refractivity contribution is 5.70. The number of rotatable bonds is 0. The van der Waals surface area contributed by atoms with Gasteiger partial charge in [0.05, 0.1) is 86.0 Å². The van der Waals surface area contributed by atoms with Crippen molar-refractivity contribution in [2.45, 2.75) is 111 Å². The lowest BCUT2D eigenvalue weighted by Crippen LogP contribution is -2.03. The van der Waals surface area contributed by atoms with Gasteiger partial charge in [-0.3, -0.25) is 37.5 Å². The highest BCUT2D eigenvalue weighted by Crippen LogP contribution is 2.22. The zero-order valence-electron chi connectivity index (χ0n) is 34.7. The third-order valence-electron chi connectivity index (χ3n) is 10.2. The second-order valence-corrected chi connectivity index (χ2v) is 14.0. The van der Waals surface area contributed by atoms with Gasteiger partial charge in [-0.1, -0.05) is 0 Å². The minimum atomic E-state index is 0.545. The highest BCUT2D eigenvalue weighted by Gasteiger charge is 2.14. The molecule has 14 heteroatoms. The van der Waals surface area contributed by atoms with Crippen molar-refractivity contribution in [2.24, 2.45) is 0 Å². The van der Waals surface area contributed by atoms with Gasteiger partial charge in [-0.05, 0) is 111 Å². The van der Waals surface area contributed by atoms with Crippen molar-refractivity contribution < 1.29 is 0 Å². The summed E-state index contributed by atoms with van der Waals surface area (Å²) < 4.78 is 8.28. The first kappa shape index (κ1) is 39.3. The Labute approximate surface area is 316 Å². The van der Waals surface area contributed by atoms with Crippen molar-refractivity contribution in [3.63, 3.8) is 0 Å². The predicted molar refractivity (Wildman–Crippen MR) is 217 cm³/mol. The van der Waals surface area contributed by atoms with Gasteiger partial charge in [-0.15, -0.1) is 0 Å². The molecule has 0 radical (unpaired) electrons. The number of aromatic nitrogens is 12. The number of fused-ring (bicyclic) bond motifs is 4. The lowest BCUT2D eigenvalue weighted by Gasteiger charge is -2.07. The fourth-order valence-corrected chi connectivity index (χ4v) is 7.08. The molecule has 0 aliphatic carbocycles. The molecule has 0 atom stereocenters. The minimum absolute atomic E-state index is 0.545. The van der Waals surface area contributed by atoms with E-state index in [0.717, 1.165) is 102 Å². The van der Waals surface area contributed by atoms with Crippen LogP contribution < -0.4 is 11.5 Å². The van der Waals surface area contributed by atoms with Crippen molar-refractivity contribution in [3.05, 3.63) is 104 Å². The van der Waals surface area contributed by atoms with E-state index in [-0.39, 0.29) is 0 Å². The molecule has 4 N–H and O–H groups in total. The van der Waals surface area contributed by atoms with E-state index in [9.17, 15) is 0 Å². The summed E-state index contributed by atoms with van der Waals surface area (Å²) in [6.07, 6.45) is 3.74. The molecular weight excluding hydrogens is 677 g/mol. The van der Waals surface area contributed by atoms with Crippen molar-refractivity contribution >= 4 is 33.8 Å². The van der Waals surface area contributed by atoms with E-state index in [1.54, 1.807) is 0 Å². The number of nitrogen functional groups attached to an aromatic ring is 2. The van der Waals surface area contributed by atoms with Crippen LogP contribution in [0.2, 0.25) is 0 Å². The standard InChI is InChI=1S/2C10H14N4.2C10H13N3/c1-5-8(4)14-9(6(2)12-5)7(3)13-10(14)11;1-5-7(3)14-8(4)13-10(11)9(14)6(2)12-5;1-6-9(4)13-5-11-7(2)10(13)8(3)12-6;1-6-8(3)13-9(4)11-5-10(13)7(2)12-6/h1-4H3,(H2,11,13);11H2,1-4H3;2*5H,1-4H3. The van der Waals surface area contributed by atoms with E-state index < -0.39 is 0 Å². The summed E-state index contributed by atoms with van der Waals surface area (Å²) in [6.45, 7) is 32.1. The Morgan fingerprint density at radius 2 is 0.852 bits per heavy atom. The Bertz CT molecular complexity index is 2610. The molecule has 8 rings (SSSR count). The molecule has 54 heavy (non-hydrogen) atoms. The van der Waals surface area contributed by atoms with Gasteiger partial charge in [0.25, 0.3) is 0 Å². The van der Waals surface area contributed by atoms with Gasteiger partial charge in [0.2, 0.25) is 5.95 Å². The number of hydrogen-bond donors (Lipinski definition) is 2. The SMILES string of the molecule is Cc1nc(C)c2c(C)nc(N)n2c1C.Cc1nc(C)c2c(C)ncn2c1C.Cc1nc(C)c2c(N)nc(C)n2c1C.Cc1nc(C)c2cnc(C)n2c1C. The monoisotopic (exact) mass is 730 g/mol. The first-order chi connectivity index (χ1) is 25.3. The maximum atomic E-state index is 5.84. The summed E-state index contributed by atoms with van der Waals surface area (Å²) in [5.41, 5.74) is 30.6. The second-order valence-electron chi connectivity index (χ2n) is 14.0. The largest absolute Gasteiger partial charge is 0.382 e. The molecule has 0 fully saturated rings. The molecule has 0 saturated heterocycles. The van der Waals surface area contributed by atoms with Crippen LogP contribution in [0.15, 0.2) is 12.5 Å². The van der Waals surface area contributed by atoms with Gasteiger partial charge in [-0.25, -0.2) is 19.9 Å². The average Bonchev–Trinajstić information content (AvgIpc) is 3.84. The van der Waals surface area contributed by atoms with Gasteiger partial charge in [0.15, 0.2) is 5.82 Å². The Hall–Kier alpha value is -5.92. The normalized spacial score (nSPS) is 11.1. The van der Waals surface area contributed by atoms with Gasteiger partial charge in [0, 0.05) is 22.8 Å². The van der Waals surface area contributed by atoms with Crippen molar-refractivity contribution in [2.75, 3.05) is 11.5 Å². The first-order valence-corrected chi connectivity index (χ1v) is 18.0. The van der Waals surface area contributed by atoms with Crippen LogP contribution in [0.25, 0.3) is 22.1 Å². The number of imidazole rings is 4. The maximum absolute atomic E-state index is 5.84. The second kappa shape index (κ2) is 14.8. The minimum Gasteiger partial charge on any atom is -0.382 e. The summed E-state index contributed by atoms with van der Waals surface area (Å²) in [7, 11) is 0. The smallest absolute Gasteiger partial charge is 0.205 e. The summed E-state index contributed by atoms with van der Waals surface area (Å²) in [4.78, 5) is 34.9. The Morgan fingerprint density at radius 3 is 1.44 bits per heavy atom. The molecule has 0 aliphatic heterocycles. The van der Waals surface area contributed by atoms with Gasteiger partial charge in [-0.2, -0.15) is 0 Å². The van der Waals surface area contributed by atoms with E-state index in [4.69, 9.17) is 11.5 Å². The summed E-state index contributed by atoms with van der Waals surface area (Å²) in [5, 5.41) is 0. The fourth-order valence-electron chi connectivity index (χ4n) is 7.08. The number of anilines is 2. The van der Waals surface area contributed by atoms with Gasteiger partial charge in [0.1, 0.15) is 17.2 Å². The number of nitrogens with zero attached hydrogens (tertiary/aromatic N) is 12. The highest BCUT2D eigenvalue weighted by atomic mass is 15.1. The summed E-state index contributed by atoms with van der Waals surface area (Å²) in [6, 6.07) is 0. The quantitative estimate of drug-likeness (QED) is 0.165. The molecule has 0 bridgehead atoms. The molecule has 8 aromatic rings. The molecule has 0 aliphatic rings. The first-order valence-electron chi connectivity index (χ1n) is 18.0. The average molecular weight is 731 g/mol. The van der Waals surface area contributed by atoms with Crippen LogP contribution >= 0.6 is 0 Å². The van der Waals surface area contributed by atoms with Crippen LogP contribution in [-0.2, 0) is 0 Å². The maximum Gasteiger partial charge on any atom is 0.205 e. The molecule has 0 spiro atoms. The molecule has 0 saturated carbocycles. The van der Waals surface area contributed by atoms with Crippen LogP contribution in [0.5, 0.6) is 0 Å². The topological polar surface area (TPSA) is 173 Å². The fraction of sp³-hybridized carbons (Fsp3) is 0.400.